The van der Waals surface area contributed by atoms with Crippen LogP contribution in [0.3, 0.4) is 0 Å². The maximum Gasteiger partial charge on any atom is 0.253 e. The molecule has 0 heterocycles. The van der Waals surface area contributed by atoms with Gasteiger partial charge >= 0.3 is 0 Å². The number of nitrogens with two attached hydrogens (primary N) is 2. The number of halogens is 1. The van der Waals surface area contributed by atoms with Crippen LogP contribution in [0.15, 0.2) is 70.0 Å². The summed E-state index contributed by atoms with van der Waals surface area (Å²) in [5.41, 5.74) is 10.2. The van der Waals surface area contributed by atoms with E-state index in [1.165, 1.54) is 12.1 Å². The Bertz CT molecular complexity index is 1220. The third-order valence-electron chi connectivity index (χ3n) is 5.01. The number of anilines is 1. The lowest BCUT2D eigenvalue weighted by Gasteiger charge is -2.15. The van der Waals surface area contributed by atoms with E-state index in [4.69, 9.17) is 10.9 Å². The van der Waals surface area contributed by atoms with Crippen LogP contribution >= 0.6 is 15.9 Å². The zero-order chi connectivity index (χ0) is 21.5. The van der Waals surface area contributed by atoms with E-state index in [1.54, 1.807) is 18.2 Å². The lowest BCUT2D eigenvalue weighted by Crippen LogP contribution is -2.26. The molecule has 3 aromatic carbocycles. The number of nitrogen functional groups attached to an aromatic ring is 1. The summed E-state index contributed by atoms with van der Waals surface area (Å²) in [4.78, 5) is 12.8. The fourth-order valence-electron chi connectivity index (χ4n) is 3.20. The van der Waals surface area contributed by atoms with Crippen molar-refractivity contribution < 1.29 is 13.2 Å². The van der Waals surface area contributed by atoms with Crippen LogP contribution in [-0.2, 0) is 10.0 Å². The van der Waals surface area contributed by atoms with Crippen molar-refractivity contribution in [2.24, 2.45) is 5.14 Å². The third kappa shape index (κ3) is 4.40. The summed E-state index contributed by atoms with van der Waals surface area (Å²) in [6.07, 6.45) is 1.94. The normalized spacial score (nSPS) is 13.8. The SMILES string of the molecule is Nc1c(C(=O)NC2CC2)cc(-c2ccc(Br)cc2)cc1-c1ccc(S(N)(=O)=O)cc1. The number of sulfonamides is 1. The van der Waals surface area contributed by atoms with Gasteiger partial charge in [-0.05, 0) is 65.9 Å². The van der Waals surface area contributed by atoms with E-state index >= 15 is 0 Å². The predicted octanol–water partition coefficient (Wildman–Crippen LogP) is 3.90. The molecule has 0 aromatic heterocycles. The molecule has 5 N–H and O–H groups in total. The second-order valence-electron chi connectivity index (χ2n) is 7.31. The van der Waals surface area contributed by atoms with Gasteiger partial charge in [0.1, 0.15) is 0 Å². The van der Waals surface area contributed by atoms with Crippen LogP contribution in [-0.4, -0.2) is 20.4 Å². The first-order chi connectivity index (χ1) is 14.2. The molecule has 4 rings (SSSR count). The van der Waals surface area contributed by atoms with Crippen molar-refractivity contribution in [3.05, 3.63) is 70.7 Å². The Morgan fingerprint density at radius 3 is 2.10 bits per heavy atom. The zero-order valence-corrected chi connectivity index (χ0v) is 18.3. The first kappa shape index (κ1) is 20.6. The lowest BCUT2D eigenvalue weighted by atomic mass is 9.93. The highest BCUT2D eigenvalue weighted by atomic mass is 79.9. The summed E-state index contributed by atoms with van der Waals surface area (Å²) >= 11 is 3.43. The van der Waals surface area contributed by atoms with E-state index in [0.29, 0.717) is 22.4 Å². The number of hydrogen-bond donors (Lipinski definition) is 3. The molecule has 0 aliphatic heterocycles. The maximum atomic E-state index is 12.8. The van der Waals surface area contributed by atoms with E-state index in [0.717, 1.165) is 28.4 Å². The van der Waals surface area contributed by atoms with E-state index < -0.39 is 10.0 Å². The first-order valence-corrected chi connectivity index (χ1v) is 11.7. The molecule has 0 spiro atoms. The predicted molar refractivity (Wildman–Crippen MR) is 121 cm³/mol. The van der Waals surface area contributed by atoms with Crippen LogP contribution in [0.4, 0.5) is 5.69 Å². The Balaban J connectivity index is 1.84. The molecule has 0 bridgehead atoms. The number of carbonyl (C=O) groups excluding carboxylic acids is 1. The van der Waals surface area contributed by atoms with Crippen molar-refractivity contribution in [3.8, 4) is 22.3 Å². The summed E-state index contributed by atoms with van der Waals surface area (Å²) in [6, 6.07) is 17.8. The summed E-state index contributed by atoms with van der Waals surface area (Å²) in [5, 5.41) is 8.18. The van der Waals surface area contributed by atoms with Crippen LogP contribution in [0.25, 0.3) is 22.3 Å². The van der Waals surface area contributed by atoms with Crippen LogP contribution in [0.2, 0.25) is 0 Å². The number of carbonyl (C=O) groups is 1. The lowest BCUT2D eigenvalue weighted by molar-refractivity contribution is 0.0952. The van der Waals surface area contributed by atoms with Gasteiger partial charge in [0.05, 0.1) is 16.1 Å². The average Bonchev–Trinajstić information content (AvgIpc) is 3.52. The highest BCUT2D eigenvalue weighted by Gasteiger charge is 2.26. The second kappa shape index (κ2) is 7.86. The molecule has 1 aliphatic carbocycles. The quantitative estimate of drug-likeness (QED) is 0.475. The molecule has 0 unspecified atom stereocenters. The molecule has 1 saturated carbocycles. The molecule has 0 radical (unpaired) electrons. The topological polar surface area (TPSA) is 115 Å². The van der Waals surface area contributed by atoms with Crippen molar-refractivity contribution in [2.75, 3.05) is 5.73 Å². The highest BCUT2D eigenvalue weighted by Crippen LogP contribution is 2.35. The zero-order valence-electron chi connectivity index (χ0n) is 15.9. The number of nitrogens with one attached hydrogen (secondary N) is 1. The van der Waals surface area contributed by atoms with Crippen molar-refractivity contribution in [1.82, 2.24) is 5.32 Å². The van der Waals surface area contributed by atoms with Crippen LogP contribution in [0.1, 0.15) is 23.2 Å². The van der Waals surface area contributed by atoms with Gasteiger partial charge in [0.2, 0.25) is 10.0 Å². The van der Waals surface area contributed by atoms with E-state index in [9.17, 15) is 13.2 Å². The number of primary sulfonamides is 1. The minimum absolute atomic E-state index is 0.0144. The molecule has 0 atom stereocenters. The molecule has 8 heteroatoms. The Labute approximate surface area is 183 Å². The van der Waals surface area contributed by atoms with Gasteiger partial charge in [-0.2, -0.15) is 0 Å². The molecule has 6 nitrogen and oxygen atoms in total. The van der Waals surface area contributed by atoms with Gasteiger partial charge in [0, 0.05) is 16.1 Å². The molecule has 1 fully saturated rings. The maximum absolute atomic E-state index is 12.8. The average molecular weight is 486 g/mol. The third-order valence-corrected chi connectivity index (χ3v) is 6.47. The van der Waals surface area contributed by atoms with Crippen molar-refractivity contribution in [2.45, 2.75) is 23.8 Å². The highest BCUT2D eigenvalue weighted by molar-refractivity contribution is 9.10. The van der Waals surface area contributed by atoms with Crippen LogP contribution in [0, 0.1) is 0 Å². The Kier molecular flexibility index (Phi) is 5.40. The minimum Gasteiger partial charge on any atom is -0.398 e. The molecule has 30 heavy (non-hydrogen) atoms. The molecular formula is C22H20BrN3O3S. The van der Waals surface area contributed by atoms with Gasteiger partial charge in [-0.25, -0.2) is 13.6 Å². The van der Waals surface area contributed by atoms with E-state index in [1.807, 2.05) is 30.3 Å². The smallest absolute Gasteiger partial charge is 0.253 e. The summed E-state index contributed by atoms with van der Waals surface area (Å²) < 4.78 is 24.1. The van der Waals surface area contributed by atoms with E-state index in [2.05, 4.69) is 21.2 Å². The van der Waals surface area contributed by atoms with Crippen molar-refractivity contribution >= 4 is 37.5 Å². The van der Waals surface area contributed by atoms with Gasteiger partial charge in [0.15, 0.2) is 0 Å². The Morgan fingerprint density at radius 2 is 1.53 bits per heavy atom. The fourth-order valence-corrected chi connectivity index (χ4v) is 3.98. The number of amides is 1. The van der Waals surface area contributed by atoms with E-state index in [-0.39, 0.29) is 16.8 Å². The molecule has 0 saturated heterocycles. The molecule has 3 aromatic rings. The standard InChI is InChI=1S/C22H20BrN3O3S/c23-16-5-1-13(2-6-16)15-11-19(14-3-9-18(10-4-14)30(25,28)29)21(24)20(12-15)22(27)26-17-7-8-17/h1-6,9-12,17H,7-8,24H2,(H,26,27)(H2,25,28,29). The van der Waals surface area contributed by atoms with Crippen LogP contribution in [0.5, 0.6) is 0 Å². The van der Waals surface area contributed by atoms with Gasteiger partial charge in [-0.1, -0.05) is 40.2 Å². The molecule has 1 amide bonds. The van der Waals surface area contributed by atoms with Crippen molar-refractivity contribution in [3.63, 3.8) is 0 Å². The first-order valence-electron chi connectivity index (χ1n) is 9.36. The Hall–Kier alpha value is -2.68. The van der Waals surface area contributed by atoms with Gasteiger partial charge in [0.25, 0.3) is 5.91 Å². The van der Waals surface area contributed by atoms with Crippen LogP contribution < -0.4 is 16.2 Å². The number of benzene rings is 3. The monoisotopic (exact) mass is 485 g/mol. The Morgan fingerprint density at radius 1 is 0.933 bits per heavy atom. The number of rotatable bonds is 5. The van der Waals surface area contributed by atoms with Gasteiger partial charge in [-0.15, -0.1) is 0 Å². The number of hydrogen-bond acceptors (Lipinski definition) is 4. The fraction of sp³-hybridized carbons (Fsp3) is 0.136. The summed E-state index contributed by atoms with van der Waals surface area (Å²) in [5.74, 6) is -0.212. The molecular weight excluding hydrogens is 466 g/mol. The second-order valence-corrected chi connectivity index (χ2v) is 9.79. The molecule has 154 valence electrons. The summed E-state index contributed by atoms with van der Waals surface area (Å²) in [7, 11) is -3.80. The van der Waals surface area contributed by atoms with Gasteiger partial charge in [-0.3, -0.25) is 4.79 Å². The minimum atomic E-state index is -3.80. The summed E-state index contributed by atoms with van der Waals surface area (Å²) in [6.45, 7) is 0. The largest absolute Gasteiger partial charge is 0.398 e. The van der Waals surface area contributed by atoms with Crippen molar-refractivity contribution in [1.29, 1.82) is 0 Å². The molecule has 1 aliphatic rings. The van der Waals surface area contributed by atoms with Gasteiger partial charge < -0.3 is 11.1 Å².